The van der Waals surface area contributed by atoms with Gasteiger partial charge in [0.15, 0.2) is 17.7 Å². The number of hydrogen-bond donors (Lipinski definition) is 2. The molecule has 0 aliphatic carbocycles. The highest BCUT2D eigenvalue weighted by Crippen LogP contribution is 2.47. The molecule has 0 saturated carbocycles. The Morgan fingerprint density at radius 2 is 1.92 bits per heavy atom. The number of ether oxygens (including phenoxy) is 4. The quantitative estimate of drug-likeness (QED) is 0.835. The van der Waals surface area contributed by atoms with Crippen molar-refractivity contribution in [2.24, 2.45) is 0 Å². The molecule has 1 aromatic rings. The summed E-state index contributed by atoms with van der Waals surface area (Å²) in [6.45, 7) is 5.40. The minimum Gasteiger partial charge on any atom is -0.479 e. The Labute approximate surface area is 140 Å². The van der Waals surface area contributed by atoms with Gasteiger partial charge in [0.1, 0.15) is 18.3 Å². The number of hydrogen-bond acceptors (Lipinski definition) is 6. The van der Waals surface area contributed by atoms with Crippen molar-refractivity contribution >= 4 is 5.97 Å². The minimum absolute atomic E-state index is 0.244. The van der Waals surface area contributed by atoms with Gasteiger partial charge in [-0.25, -0.2) is 4.79 Å². The first kappa shape index (κ1) is 17.3. The molecule has 0 amide bonds. The lowest BCUT2D eigenvalue weighted by molar-refractivity contribution is -0.266. The van der Waals surface area contributed by atoms with E-state index in [0.29, 0.717) is 0 Å². The highest BCUT2D eigenvalue weighted by Gasteiger charge is 2.64. The van der Waals surface area contributed by atoms with Crippen LogP contribution in [0.2, 0.25) is 0 Å². The fourth-order valence-corrected chi connectivity index (χ4v) is 3.28. The number of fused-ring (bicyclic) bond motifs is 1. The van der Waals surface area contributed by atoms with Crippen LogP contribution in [0.1, 0.15) is 26.3 Å². The Morgan fingerprint density at radius 1 is 1.25 bits per heavy atom. The number of carboxylic acid groups (broad SMARTS) is 1. The molecule has 2 aliphatic heterocycles. The number of aliphatic hydroxyl groups is 1. The van der Waals surface area contributed by atoms with E-state index in [9.17, 15) is 9.90 Å². The number of carbonyl (C=O) groups is 1. The largest absolute Gasteiger partial charge is 0.479 e. The van der Waals surface area contributed by atoms with Crippen LogP contribution in [-0.4, -0.2) is 52.2 Å². The van der Waals surface area contributed by atoms with E-state index < -0.39 is 42.0 Å². The van der Waals surface area contributed by atoms with Crippen LogP contribution in [0, 0.1) is 0 Å². The molecule has 0 aromatic heterocycles. The Balaban J connectivity index is 1.81. The summed E-state index contributed by atoms with van der Waals surface area (Å²) in [7, 11) is 0. The van der Waals surface area contributed by atoms with E-state index in [1.807, 2.05) is 30.3 Å². The second kappa shape index (κ2) is 6.09. The second-order valence-electron chi connectivity index (χ2n) is 6.68. The molecule has 132 valence electrons. The van der Waals surface area contributed by atoms with Crippen LogP contribution in [0.3, 0.4) is 0 Å². The van der Waals surface area contributed by atoms with E-state index in [1.165, 1.54) is 0 Å². The average Bonchev–Trinajstić information content (AvgIpc) is 2.90. The molecule has 2 saturated heterocycles. The summed E-state index contributed by atoms with van der Waals surface area (Å²) in [5.41, 5.74) is 0.924. The molecule has 1 aromatic carbocycles. The summed E-state index contributed by atoms with van der Waals surface area (Å²) in [5, 5.41) is 19.1. The molecule has 2 fully saturated rings. The Morgan fingerprint density at radius 3 is 2.54 bits per heavy atom. The van der Waals surface area contributed by atoms with Gasteiger partial charge in [-0.05, 0) is 26.3 Å². The number of aliphatic hydroxyl groups excluding tert-OH is 1. The molecular formula is C17H22O7. The third-order valence-electron chi connectivity index (χ3n) is 4.22. The molecule has 0 bridgehead atoms. The molecule has 24 heavy (non-hydrogen) atoms. The third-order valence-corrected chi connectivity index (χ3v) is 4.22. The molecule has 7 nitrogen and oxygen atoms in total. The summed E-state index contributed by atoms with van der Waals surface area (Å²) < 4.78 is 23.3. The Kier molecular flexibility index (Phi) is 4.39. The molecule has 7 heteroatoms. The van der Waals surface area contributed by atoms with Gasteiger partial charge in [0, 0.05) is 0 Å². The second-order valence-corrected chi connectivity index (χ2v) is 6.68. The maximum absolute atomic E-state index is 11.2. The average molecular weight is 338 g/mol. The minimum atomic E-state index is -1.73. The van der Waals surface area contributed by atoms with Gasteiger partial charge in [0.05, 0.1) is 6.61 Å². The fourth-order valence-electron chi connectivity index (χ4n) is 3.28. The van der Waals surface area contributed by atoms with Crippen molar-refractivity contribution in [3.05, 3.63) is 35.9 Å². The van der Waals surface area contributed by atoms with E-state index in [1.54, 1.807) is 20.8 Å². The van der Waals surface area contributed by atoms with Crippen molar-refractivity contribution in [2.45, 2.75) is 63.4 Å². The van der Waals surface area contributed by atoms with Crippen molar-refractivity contribution in [1.82, 2.24) is 0 Å². The Bertz CT molecular complexity index is 602. The highest BCUT2D eigenvalue weighted by atomic mass is 16.9. The van der Waals surface area contributed by atoms with Crippen molar-refractivity contribution in [3.63, 3.8) is 0 Å². The summed E-state index contributed by atoms with van der Waals surface area (Å²) in [6.07, 6.45) is -4.24. The van der Waals surface area contributed by atoms with Crippen LogP contribution >= 0.6 is 0 Å². The lowest BCUT2D eigenvalue weighted by Crippen LogP contribution is -2.45. The molecule has 3 rings (SSSR count). The lowest BCUT2D eigenvalue weighted by Gasteiger charge is -2.28. The molecule has 5 atom stereocenters. The highest BCUT2D eigenvalue weighted by molar-refractivity contribution is 5.73. The van der Waals surface area contributed by atoms with Gasteiger partial charge in [0.25, 0.3) is 0 Å². The van der Waals surface area contributed by atoms with Crippen molar-refractivity contribution in [2.75, 3.05) is 0 Å². The van der Waals surface area contributed by atoms with Crippen molar-refractivity contribution in [1.29, 1.82) is 0 Å². The molecule has 0 radical (unpaired) electrons. The number of rotatable bonds is 5. The predicted molar refractivity (Wildman–Crippen MR) is 82.0 cm³/mol. The van der Waals surface area contributed by atoms with Crippen LogP contribution in [0.5, 0.6) is 0 Å². The smallest absolute Gasteiger partial charge is 0.335 e. The molecule has 2 heterocycles. The normalized spacial score (nSPS) is 35.6. The van der Waals surface area contributed by atoms with Gasteiger partial charge in [-0.1, -0.05) is 30.3 Å². The first-order valence-electron chi connectivity index (χ1n) is 7.84. The van der Waals surface area contributed by atoms with E-state index in [-0.39, 0.29) is 6.61 Å². The van der Waals surface area contributed by atoms with Crippen molar-refractivity contribution in [3.8, 4) is 0 Å². The van der Waals surface area contributed by atoms with E-state index in [2.05, 4.69) is 0 Å². The fraction of sp³-hybridized carbons (Fsp3) is 0.588. The van der Waals surface area contributed by atoms with Crippen LogP contribution in [0.15, 0.2) is 30.3 Å². The van der Waals surface area contributed by atoms with Gasteiger partial charge < -0.3 is 29.2 Å². The van der Waals surface area contributed by atoms with Gasteiger partial charge >= 0.3 is 5.97 Å². The van der Waals surface area contributed by atoms with Gasteiger partial charge in [-0.3, -0.25) is 0 Å². The summed E-state index contributed by atoms with van der Waals surface area (Å²) in [5.74, 6) is -3.44. The number of benzene rings is 1. The molecule has 2 N–H and O–H groups in total. The summed E-state index contributed by atoms with van der Waals surface area (Å²) >= 11 is 0. The zero-order valence-electron chi connectivity index (χ0n) is 13.8. The Hall–Kier alpha value is -1.51. The molecule has 0 unspecified atom stereocenters. The molecule has 2 aliphatic rings. The topological polar surface area (TPSA) is 94.5 Å². The van der Waals surface area contributed by atoms with E-state index in [4.69, 9.17) is 24.1 Å². The van der Waals surface area contributed by atoms with Crippen LogP contribution in [0.4, 0.5) is 0 Å². The van der Waals surface area contributed by atoms with Crippen LogP contribution < -0.4 is 0 Å². The summed E-state index contributed by atoms with van der Waals surface area (Å²) in [6, 6.07) is 9.46. The maximum Gasteiger partial charge on any atom is 0.335 e. The molecular weight excluding hydrogens is 316 g/mol. The monoisotopic (exact) mass is 338 g/mol. The van der Waals surface area contributed by atoms with Crippen molar-refractivity contribution < 1.29 is 34.0 Å². The third kappa shape index (κ3) is 3.18. The zero-order chi connectivity index (χ0) is 17.5. The van der Waals surface area contributed by atoms with Gasteiger partial charge in [-0.15, -0.1) is 0 Å². The SMILES string of the molecule is CC1(C)O[C@@H]2[C@@H](OCc3ccccc3)[C@@H]([C@H](O)C(=O)O)O[C@]2(C)O1. The standard InChI is InChI=1S/C17H22O7/c1-16(2)23-14-13(21-9-10-7-5-4-6-8-10)12(11(18)15(19)20)22-17(14,3)24-16/h4-8,11-14,18H,9H2,1-3H3,(H,19,20)/t11-,12+,13-,14+,17+/m0/s1. The molecule has 0 spiro atoms. The van der Waals surface area contributed by atoms with Gasteiger partial charge in [-0.2, -0.15) is 0 Å². The van der Waals surface area contributed by atoms with Gasteiger partial charge in [0.2, 0.25) is 0 Å². The van der Waals surface area contributed by atoms with Crippen LogP contribution in [0.25, 0.3) is 0 Å². The lowest BCUT2D eigenvalue weighted by atomic mass is 10.0. The first-order chi connectivity index (χ1) is 11.2. The zero-order valence-corrected chi connectivity index (χ0v) is 13.8. The summed E-state index contributed by atoms with van der Waals surface area (Å²) in [4.78, 5) is 11.2. The van der Waals surface area contributed by atoms with E-state index >= 15 is 0 Å². The first-order valence-corrected chi connectivity index (χ1v) is 7.84. The van der Waals surface area contributed by atoms with Crippen LogP contribution in [-0.2, 0) is 30.3 Å². The predicted octanol–water partition coefficient (Wildman–Crippen LogP) is 1.28. The van der Waals surface area contributed by atoms with E-state index in [0.717, 1.165) is 5.56 Å². The number of carboxylic acids is 1. The number of aliphatic carboxylic acids is 1. The maximum atomic E-state index is 11.2.